The molecule has 0 bridgehead atoms. The quantitative estimate of drug-likeness (QED) is 0.466. The van der Waals surface area contributed by atoms with E-state index in [0.717, 1.165) is 0 Å². The summed E-state index contributed by atoms with van der Waals surface area (Å²) in [5.74, 6) is 0. The van der Waals surface area contributed by atoms with Crippen LogP contribution in [0.4, 0.5) is 0 Å². The van der Waals surface area contributed by atoms with E-state index in [1.807, 2.05) is 0 Å². The van der Waals surface area contributed by atoms with Crippen LogP contribution in [0.25, 0.3) is 0 Å². The summed E-state index contributed by atoms with van der Waals surface area (Å²) in [5, 5.41) is 9.19. The fourth-order valence-electron chi connectivity index (χ4n) is 0.144. The molecule has 0 atom stereocenters. The van der Waals surface area contributed by atoms with Crippen LogP contribution in [0.5, 0.6) is 0 Å². The minimum atomic E-state index is 1.22. The van der Waals surface area contributed by atoms with Crippen molar-refractivity contribution in [2.45, 2.75) is 0 Å². The Morgan fingerprint density at radius 1 is 1.67 bits per heavy atom. The number of nitrogens with one attached hydrogen (secondary N) is 2. The Labute approximate surface area is 37.4 Å². The minimum absolute atomic E-state index is 1.22. The van der Waals surface area contributed by atoms with Gasteiger partial charge in [0, 0.05) is 13.3 Å². The van der Waals surface area contributed by atoms with Crippen LogP contribution >= 0.6 is 0 Å². The van der Waals surface area contributed by atoms with Crippen molar-refractivity contribution in [1.82, 2.24) is 5.32 Å². The Balaban J connectivity index is 2.94. The van der Waals surface area contributed by atoms with E-state index in [9.17, 15) is 0 Å². The van der Waals surface area contributed by atoms with Crippen molar-refractivity contribution in [3.05, 3.63) is 12.3 Å². The molecule has 0 heterocycles. The lowest BCUT2D eigenvalue weighted by molar-refractivity contribution is 1.11. The van der Waals surface area contributed by atoms with Gasteiger partial charge in [0.2, 0.25) is 0 Å². The lowest BCUT2D eigenvalue weighted by atomic mass is 10.7. The summed E-state index contributed by atoms with van der Waals surface area (Å²) in [6.45, 7) is 0. The molecule has 2 heteroatoms. The molecule has 0 aliphatic carbocycles. The number of hydrogen-bond donors (Lipinski definition) is 2. The average molecular weight is 84.1 g/mol. The second-order valence-corrected chi connectivity index (χ2v) is 0.814. The standard InChI is InChI=1S/C4H8N2/c1-6-4-2-3-5/h2-6H,1H3/b4-2+,5-3?. The SMILES string of the molecule is CN/C=C/C=N. The molecule has 0 amide bonds. The van der Waals surface area contributed by atoms with Crippen LogP contribution in [0.2, 0.25) is 0 Å². The first-order chi connectivity index (χ1) is 2.91. The Morgan fingerprint density at radius 3 is 2.50 bits per heavy atom. The van der Waals surface area contributed by atoms with E-state index in [-0.39, 0.29) is 0 Å². The monoisotopic (exact) mass is 84.1 g/mol. The maximum absolute atomic E-state index is 6.45. The lowest BCUT2D eigenvalue weighted by Gasteiger charge is -1.75. The molecular formula is C4H8N2. The fourth-order valence-corrected chi connectivity index (χ4v) is 0.144. The van der Waals surface area contributed by atoms with Gasteiger partial charge in [-0.25, -0.2) is 0 Å². The lowest BCUT2D eigenvalue weighted by Crippen LogP contribution is -1.90. The van der Waals surface area contributed by atoms with E-state index in [0.29, 0.717) is 0 Å². The molecule has 0 radical (unpaired) electrons. The van der Waals surface area contributed by atoms with Crippen molar-refractivity contribution in [3.8, 4) is 0 Å². The Kier molecular flexibility index (Phi) is 3.66. The predicted octanol–water partition coefficient (Wildman–Crippen LogP) is 0.369. The number of allylic oxidation sites excluding steroid dienone is 1. The van der Waals surface area contributed by atoms with Gasteiger partial charge in [0.05, 0.1) is 0 Å². The molecule has 34 valence electrons. The van der Waals surface area contributed by atoms with Crippen molar-refractivity contribution < 1.29 is 0 Å². The van der Waals surface area contributed by atoms with Crippen molar-refractivity contribution in [2.24, 2.45) is 0 Å². The maximum atomic E-state index is 6.45. The van der Waals surface area contributed by atoms with Gasteiger partial charge >= 0.3 is 0 Å². The van der Waals surface area contributed by atoms with Crippen LogP contribution < -0.4 is 5.32 Å². The fraction of sp³-hybridized carbons (Fsp3) is 0.250. The Hall–Kier alpha value is -0.790. The van der Waals surface area contributed by atoms with Crippen LogP contribution in [0.3, 0.4) is 0 Å². The molecule has 0 rings (SSSR count). The summed E-state index contributed by atoms with van der Waals surface area (Å²) in [6.07, 6.45) is 4.52. The van der Waals surface area contributed by atoms with Crippen molar-refractivity contribution in [2.75, 3.05) is 7.05 Å². The van der Waals surface area contributed by atoms with Gasteiger partial charge in [0.15, 0.2) is 0 Å². The van der Waals surface area contributed by atoms with Gasteiger partial charge in [-0.05, 0) is 12.3 Å². The van der Waals surface area contributed by atoms with E-state index >= 15 is 0 Å². The zero-order valence-electron chi connectivity index (χ0n) is 3.73. The van der Waals surface area contributed by atoms with Crippen molar-refractivity contribution >= 4 is 6.21 Å². The van der Waals surface area contributed by atoms with E-state index in [1.54, 1.807) is 19.3 Å². The molecule has 0 aromatic heterocycles. The summed E-state index contributed by atoms with van der Waals surface area (Å²) < 4.78 is 0. The van der Waals surface area contributed by atoms with Gasteiger partial charge in [-0.2, -0.15) is 0 Å². The topological polar surface area (TPSA) is 35.9 Å². The highest BCUT2D eigenvalue weighted by molar-refractivity contribution is 5.67. The highest BCUT2D eigenvalue weighted by Crippen LogP contribution is 1.52. The van der Waals surface area contributed by atoms with Gasteiger partial charge in [0.1, 0.15) is 0 Å². The normalized spacial score (nSPS) is 8.83. The molecule has 0 saturated heterocycles. The summed E-state index contributed by atoms with van der Waals surface area (Å²) in [5.41, 5.74) is 0. The molecule has 0 aliphatic rings. The van der Waals surface area contributed by atoms with Gasteiger partial charge in [-0.1, -0.05) is 0 Å². The maximum Gasteiger partial charge on any atom is 0.0192 e. The average Bonchev–Trinajstić information content (AvgIpc) is 1.61. The molecule has 6 heavy (non-hydrogen) atoms. The van der Waals surface area contributed by atoms with Gasteiger partial charge < -0.3 is 10.7 Å². The third-order valence-corrected chi connectivity index (χ3v) is 0.359. The molecule has 0 aliphatic heterocycles. The van der Waals surface area contributed by atoms with E-state index in [4.69, 9.17) is 5.41 Å². The molecule has 0 fully saturated rings. The summed E-state index contributed by atoms with van der Waals surface area (Å²) in [7, 11) is 1.79. The first-order valence-corrected chi connectivity index (χ1v) is 1.74. The zero-order valence-corrected chi connectivity index (χ0v) is 3.73. The van der Waals surface area contributed by atoms with Crippen LogP contribution in [-0.2, 0) is 0 Å². The minimum Gasteiger partial charge on any atom is -0.394 e. The molecular weight excluding hydrogens is 76.1 g/mol. The second kappa shape index (κ2) is 4.21. The van der Waals surface area contributed by atoms with E-state index in [1.165, 1.54) is 6.21 Å². The molecule has 0 aromatic carbocycles. The summed E-state index contributed by atoms with van der Waals surface area (Å²) >= 11 is 0. The van der Waals surface area contributed by atoms with Crippen LogP contribution in [-0.4, -0.2) is 13.3 Å². The van der Waals surface area contributed by atoms with Gasteiger partial charge in [-0.3, -0.25) is 0 Å². The largest absolute Gasteiger partial charge is 0.394 e. The van der Waals surface area contributed by atoms with E-state index < -0.39 is 0 Å². The van der Waals surface area contributed by atoms with Gasteiger partial charge in [0.25, 0.3) is 0 Å². The summed E-state index contributed by atoms with van der Waals surface area (Å²) in [4.78, 5) is 0. The first-order valence-electron chi connectivity index (χ1n) is 1.74. The molecule has 2 nitrogen and oxygen atoms in total. The predicted molar refractivity (Wildman–Crippen MR) is 27.0 cm³/mol. The highest BCUT2D eigenvalue weighted by atomic mass is 14.8. The smallest absolute Gasteiger partial charge is 0.0192 e. The van der Waals surface area contributed by atoms with Crippen LogP contribution in [0.15, 0.2) is 12.3 Å². The third kappa shape index (κ3) is 3.21. The van der Waals surface area contributed by atoms with E-state index in [2.05, 4.69) is 5.32 Å². The molecule has 0 saturated carbocycles. The van der Waals surface area contributed by atoms with Crippen LogP contribution in [0, 0.1) is 5.41 Å². The van der Waals surface area contributed by atoms with Gasteiger partial charge in [-0.15, -0.1) is 0 Å². The Bertz CT molecular complexity index is 56.6. The highest BCUT2D eigenvalue weighted by Gasteiger charge is 1.51. The van der Waals surface area contributed by atoms with Crippen LogP contribution in [0.1, 0.15) is 0 Å². The summed E-state index contributed by atoms with van der Waals surface area (Å²) in [6, 6.07) is 0. The molecule has 2 N–H and O–H groups in total. The second-order valence-electron chi connectivity index (χ2n) is 0.814. The van der Waals surface area contributed by atoms with Crippen molar-refractivity contribution in [1.29, 1.82) is 5.41 Å². The third-order valence-electron chi connectivity index (χ3n) is 0.359. The molecule has 0 aromatic rings. The molecule has 0 spiro atoms. The zero-order chi connectivity index (χ0) is 4.83. The van der Waals surface area contributed by atoms with Crippen molar-refractivity contribution in [3.63, 3.8) is 0 Å². The Morgan fingerprint density at radius 2 is 2.33 bits per heavy atom. The molecule has 0 unspecified atom stereocenters. The number of rotatable bonds is 2. The number of hydrogen-bond acceptors (Lipinski definition) is 2. The first kappa shape index (κ1) is 5.21.